The highest BCUT2D eigenvalue weighted by atomic mass is 32.2. The molecule has 0 fully saturated rings. The number of thioether (sulfide) groups is 1. The predicted molar refractivity (Wildman–Crippen MR) is 106 cm³/mol. The quantitative estimate of drug-likeness (QED) is 0.464. The molecular formula is C20H20N2O4S. The minimum Gasteiger partial charge on any atom is -0.458 e. The Morgan fingerprint density at radius 3 is 2.56 bits per heavy atom. The van der Waals surface area contributed by atoms with E-state index in [1.54, 1.807) is 24.3 Å². The van der Waals surface area contributed by atoms with Crippen LogP contribution >= 0.6 is 11.8 Å². The normalized spacial score (nSPS) is 13.1. The summed E-state index contributed by atoms with van der Waals surface area (Å²) >= 11 is 1.47. The SMILES string of the molecule is CSc1ccccc1NC(=O)C(=O)NCC(C)(O)c1cc2ccccc2o1. The summed E-state index contributed by atoms with van der Waals surface area (Å²) < 4.78 is 5.65. The molecule has 140 valence electrons. The zero-order chi connectivity index (χ0) is 19.4. The molecule has 3 N–H and O–H groups in total. The van der Waals surface area contributed by atoms with Crippen molar-refractivity contribution in [3.05, 3.63) is 60.4 Å². The van der Waals surface area contributed by atoms with Crippen molar-refractivity contribution in [1.82, 2.24) is 5.32 Å². The van der Waals surface area contributed by atoms with E-state index in [9.17, 15) is 14.7 Å². The molecule has 7 heteroatoms. The highest BCUT2D eigenvalue weighted by molar-refractivity contribution is 7.98. The molecule has 2 amide bonds. The third-order valence-electron chi connectivity index (χ3n) is 4.11. The second kappa shape index (κ2) is 7.85. The van der Waals surface area contributed by atoms with Gasteiger partial charge in [-0.1, -0.05) is 30.3 Å². The van der Waals surface area contributed by atoms with E-state index in [0.29, 0.717) is 17.0 Å². The van der Waals surface area contributed by atoms with Gasteiger partial charge in [0.1, 0.15) is 16.9 Å². The molecular weight excluding hydrogens is 364 g/mol. The number of benzene rings is 2. The summed E-state index contributed by atoms with van der Waals surface area (Å²) in [5.74, 6) is -1.31. The van der Waals surface area contributed by atoms with Crippen LogP contribution in [0.5, 0.6) is 0 Å². The van der Waals surface area contributed by atoms with Crippen LogP contribution in [0.4, 0.5) is 5.69 Å². The second-order valence-corrected chi connectivity index (χ2v) is 7.11. The minimum absolute atomic E-state index is 0.163. The number of carbonyl (C=O) groups is 2. The van der Waals surface area contributed by atoms with Gasteiger partial charge in [0.05, 0.1) is 12.2 Å². The second-order valence-electron chi connectivity index (χ2n) is 6.26. The fraction of sp³-hybridized carbons (Fsp3) is 0.200. The smallest absolute Gasteiger partial charge is 0.313 e. The highest BCUT2D eigenvalue weighted by Crippen LogP contribution is 2.27. The first-order valence-corrected chi connectivity index (χ1v) is 9.57. The Labute approximate surface area is 160 Å². The van der Waals surface area contributed by atoms with Crippen molar-refractivity contribution < 1.29 is 19.1 Å². The molecule has 2 aromatic carbocycles. The van der Waals surface area contributed by atoms with Crippen LogP contribution in [0.2, 0.25) is 0 Å². The van der Waals surface area contributed by atoms with Crippen LogP contribution in [0.1, 0.15) is 12.7 Å². The molecule has 0 aliphatic rings. The van der Waals surface area contributed by atoms with Crippen LogP contribution in [-0.2, 0) is 15.2 Å². The van der Waals surface area contributed by atoms with Gasteiger partial charge in [0.15, 0.2) is 0 Å². The lowest BCUT2D eigenvalue weighted by Gasteiger charge is -2.21. The fourth-order valence-corrected chi connectivity index (χ4v) is 3.15. The first-order valence-electron chi connectivity index (χ1n) is 8.34. The van der Waals surface area contributed by atoms with Gasteiger partial charge in [-0.15, -0.1) is 11.8 Å². The third-order valence-corrected chi connectivity index (χ3v) is 4.91. The summed E-state index contributed by atoms with van der Waals surface area (Å²) in [6.07, 6.45) is 1.88. The molecule has 0 aliphatic heterocycles. The van der Waals surface area contributed by atoms with Gasteiger partial charge in [-0.2, -0.15) is 0 Å². The number of amides is 2. The van der Waals surface area contributed by atoms with E-state index in [2.05, 4.69) is 10.6 Å². The highest BCUT2D eigenvalue weighted by Gasteiger charge is 2.29. The van der Waals surface area contributed by atoms with Crippen molar-refractivity contribution in [2.75, 3.05) is 18.1 Å². The van der Waals surface area contributed by atoms with Gasteiger partial charge in [-0.25, -0.2) is 0 Å². The number of fused-ring (bicyclic) bond motifs is 1. The maximum Gasteiger partial charge on any atom is 0.313 e. The van der Waals surface area contributed by atoms with Crippen LogP contribution in [0.15, 0.2) is 63.9 Å². The number of nitrogens with one attached hydrogen (secondary N) is 2. The molecule has 0 saturated carbocycles. The number of hydrogen-bond donors (Lipinski definition) is 3. The standard InChI is InChI=1S/C20H20N2O4S/c1-20(25,17-11-13-7-3-5-9-15(13)26-17)12-21-18(23)19(24)22-14-8-4-6-10-16(14)27-2/h3-11,25H,12H2,1-2H3,(H,21,23)(H,22,24). The molecule has 1 aromatic heterocycles. The molecule has 0 spiro atoms. The molecule has 1 atom stereocenters. The summed E-state index contributed by atoms with van der Waals surface area (Å²) in [6.45, 7) is 1.36. The Balaban J connectivity index is 1.64. The van der Waals surface area contributed by atoms with Crippen LogP contribution < -0.4 is 10.6 Å². The van der Waals surface area contributed by atoms with Gasteiger partial charge >= 0.3 is 11.8 Å². The van der Waals surface area contributed by atoms with Crippen LogP contribution in [0.3, 0.4) is 0 Å². The van der Waals surface area contributed by atoms with E-state index in [4.69, 9.17) is 4.42 Å². The number of furan rings is 1. The average Bonchev–Trinajstić information content (AvgIpc) is 3.12. The monoisotopic (exact) mass is 384 g/mol. The van der Waals surface area contributed by atoms with Gasteiger partial charge in [-0.05, 0) is 37.4 Å². The van der Waals surface area contributed by atoms with E-state index < -0.39 is 17.4 Å². The van der Waals surface area contributed by atoms with Gasteiger partial charge < -0.3 is 20.2 Å². The maximum atomic E-state index is 12.1. The van der Waals surface area contributed by atoms with E-state index >= 15 is 0 Å². The van der Waals surface area contributed by atoms with Crippen molar-refractivity contribution in [3.63, 3.8) is 0 Å². The maximum absolute atomic E-state index is 12.1. The topological polar surface area (TPSA) is 91.6 Å². The van der Waals surface area contributed by atoms with Crippen LogP contribution in [-0.4, -0.2) is 29.7 Å². The van der Waals surface area contributed by atoms with Crippen molar-refractivity contribution in [3.8, 4) is 0 Å². The van der Waals surface area contributed by atoms with Crippen molar-refractivity contribution >= 4 is 40.2 Å². The number of carbonyl (C=O) groups excluding carboxylic acids is 2. The molecule has 1 unspecified atom stereocenters. The zero-order valence-corrected chi connectivity index (χ0v) is 15.8. The number of anilines is 1. The Morgan fingerprint density at radius 1 is 1.11 bits per heavy atom. The number of aliphatic hydroxyl groups is 1. The largest absolute Gasteiger partial charge is 0.458 e. The fourth-order valence-electron chi connectivity index (χ4n) is 2.59. The zero-order valence-electron chi connectivity index (χ0n) is 15.0. The lowest BCUT2D eigenvalue weighted by atomic mass is 10.0. The van der Waals surface area contributed by atoms with E-state index in [1.165, 1.54) is 18.7 Å². The summed E-state index contributed by atoms with van der Waals surface area (Å²) in [5.41, 5.74) is -0.244. The summed E-state index contributed by atoms with van der Waals surface area (Å²) in [6, 6.07) is 16.3. The van der Waals surface area contributed by atoms with E-state index in [1.807, 2.05) is 36.6 Å². The number of rotatable bonds is 5. The van der Waals surface area contributed by atoms with Gasteiger partial charge in [0, 0.05) is 10.3 Å². The molecule has 0 saturated heterocycles. The van der Waals surface area contributed by atoms with Gasteiger partial charge in [0.25, 0.3) is 0 Å². The predicted octanol–water partition coefficient (Wildman–Crippen LogP) is 3.12. The molecule has 27 heavy (non-hydrogen) atoms. The van der Waals surface area contributed by atoms with Crippen molar-refractivity contribution in [1.29, 1.82) is 0 Å². The molecule has 0 aliphatic carbocycles. The van der Waals surface area contributed by atoms with Gasteiger partial charge in [0.2, 0.25) is 0 Å². The molecule has 0 radical (unpaired) electrons. The van der Waals surface area contributed by atoms with Crippen molar-refractivity contribution in [2.45, 2.75) is 17.4 Å². The lowest BCUT2D eigenvalue weighted by Crippen LogP contribution is -2.43. The number of para-hydroxylation sites is 2. The van der Waals surface area contributed by atoms with Gasteiger partial charge in [-0.3, -0.25) is 9.59 Å². The minimum atomic E-state index is -1.45. The van der Waals surface area contributed by atoms with Crippen LogP contribution in [0, 0.1) is 0 Å². The first kappa shape index (κ1) is 19.0. The molecule has 3 rings (SSSR count). The molecule has 6 nitrogen and oxygen atoms in total. The average molecular weight is 384 g/mol. The summed E-state index contributed by atoms with van der Waals surface area (Å²) in [4.78, 5) is 25.1. The number of hydrogen-bond acceptors (Lipinski definition) is 5. The Bertz CT molecular complexity index is 948. The first-order chi connectivity index (χ1) is 12.9. The molecule has 0 bridgehead atoms. The lowest BCUT2D eigenvalue weighted by molar-refractivity contribution is -0.136. The molecule has 3 aromatic rings. The third kappa shape index (κ3) is 4.32. The summed E-state index contributed by atoms with van der Waals surface area (Å²) in [7, 11) is 0. The van der Waals surface area contributed by atoms with Crippen molar-refractivity contribution in [2.24, 2.45) is 0 Å². The molecule has 1 heterocycles. The Hall–Kier alpha value is -2.77. The Morgan fingerprint density at radius 2 is 1.81 bits per heavy atom. The Kier molecular flexibility index (Phi) is 5.53. The van der Waals surface area contributed by atoms with E-state index in [-0.39, 0.29) is 6.54 Å². The summed E-state index contributed by atoms with van der Waals surface area (Å²) in [5, 5.41) is 16.5. The van der Waals surface area contributed by atoms with Crippen LogP contribution in [0.25, 0.3) is 11.0 Å². The van der Waals surface area contributed by atoms with E-state index in [0.717, 1.165) is 10.3 Å².